The molecule has 145 valence electrons. The molecular weight excluding hydrogens is 347 g/mol. The third-order valence-corrected chi connectivity index (χ3v) is 6.48. The Morgan fingerprint density at radius 3 is 1.20 bits per heavy atom. The predicted octanol–water partition coefficient (Wildman–Crippen LogP) is 5.98. The molecule has 0 saturated heterocycles. The summed E-state index contributed by atoms with van der Waals surface area (Å²) in [5.74, 6) is 4.69. The van der Waals surface area contributed by atoms with E-state index in [0.29, 0.717) is 35.5 Å². The molecule has 25 heavy (non-hydrogen) atoms. The van der Waals surface area contributed by atoms with Crippen LogP contribution in [0.25, 0.3) is 0 Å². The van der Waals surface area contributed by atoms with E-state index in [0.717, 1.165) is 23.0 Å². The van der Waals surface area contributed by atoms with E-state index in [9.17, 15) is 0 Å². The number of allylic oxidation sites excluding steroid dienone is 2. The van der Waals surface area contributed by atoms with Gasteiger partial charge in [0.25, 0.3) is 0 Å². The Kier molecular flexibility index (Phi) is 11.2. The van der Waals surface area contributed by atoms with Gasteiger partial charge >= 0.3 is 23.5 Å². The molecule has 0 spiro atoms. The van der Waals surface area contributed by atoms with Crippen LogP contribution in [-0.4, -0.2) is 0 Å². The second kappa shape index (κ2) is 11.4. The van der Waals surface area contributed by atoms with Crippen molar-refractivity contribution in [1.82, 2.24) is 0 Å². The van der Waals surface area contributed by atoms with Crippen molar-refractivity contribution < 1.29 is 23.5 Å². The monoisotopic (exact) mass is 383 g/mol. The van der Waals surface area contributed by atoms with Gasteiger partial charge in [-0.3, -0.25) is 11.1 Å². The number of hydrogen-bond acceptors (Lipinski definition) is 2. The minimum absolute atomic E-state index is 0.376. The third-order valence-electron chi connectivity index (χ3n) is 6.48. The molecule has 2 nitrogen and oxygen atoms in total. The summed E-state index contributed by atoms with van der Waals surface area (Å²) < 4.78 is 16.9. The Morgan fingerprint density at radius 2 is 0.960 bits per heavy atom. The standard InChI is InChI=1S/2C11H18.2O.V/c2*1-7-6-8(2)10(4)11(5)9(7)3;;;/h2*5,7-10H,3,6H2,1-2,4H3;;;/q2*-2;;;. The van der Waals surface area contributed by atoms with Crippen molar-refractivity contribution in [3.8, 4) is 0 Å². The van der Waals surface area contributed by atoms with E-state index in [-0.39, 0.29) is 0 Å². The van der Waals surface area contributed by atoms with Crippen LogP contribution in [0.3, 0.4) is 0 Å². The normalized spacial score (nSPS) is 40.8. The molecule has 2 rings (SSSR count). The van der Waals surface area contributed by atoms with Gasteiger partial charge in [0.2, 0.25) is 0 Å². The van der Waals surface area contributed by atoms with Gasteiger partial charge in [0.15, 0.2) is 0 Å². The minimum atomic E-state index is -1.81. The Balaban J connectivity index is 0.000000399. The van der Waals surface area contributed by atoms with E-state index in [1.54, 1.807) is 0 Å². The zero-order chi connectivity index (χ0) is 19.9. The average molecular weight is 383 g/mol. The van der Waals surface area contributed by atoms with Gasteiger partial charge in [-0.25, -0.2) is 0 Å². The Labute approximate surface area is 163 Å². The van der Waals surface area contributed by atoms with Gasteiger partial charge in [0.05, 0.1) is 0 Å². The van der Waals surface area contributed by atoms with E-state index < -0.39 is 16.2 Å². The summed E-state index contributed by atoms with van der Waals surface area (Å²) in [4.78, 5) is 0. The second-order valence-corrected chi connectivity index (χ2v) is 8.48. The molecule has 0 aromatic heterocycles. The summed E-state index contributed by atoms with van der Waals surface area (Å²) in [6.45, 7) is 33.5. The Morgan fingerprint density at radius 1 is 0.720 bits per heavy atom. The van der Waals surface area contributed by atoms with Crippen LogP contribution in [0.15, 0.2) is 11.1 Å². The molecule has 0 aromatic rings. The molecule has 0 aliphatic heterocycles. The van der Waals surface area contributed by atoms with Gasteiger partial charge < -0.3 is 27.0 Å². The van der Waals surface area contributed by atoms with Crippen LogP contribution in [-0.2, 0) is 23.5 Å². The second-order valence-electron chi connectivity index (χ2n) is 8.25. The summed E-state index contributed by atoms with van der Waals surface area (Å²) in [6.07, 6.45) is 2.55. The summed E-state index contributed by atoms with van der Waals surface area (Å²) in [6, 6.07) is 0. The van der Waals surface area contributed by atoms with E-state index in [1.807, 2.05) is 0 Å². The van der Waals surface area contributed by atoms with Crippen molar-refractivity contribution in [2.24, 2.45) is 47.3 Å². The number of rotatable bonds is 0. The first kappa shape index (κ1) is 24.7. The molecule has 0 amide bonds. The molecule has 0 radical (unpaired) electrons. The van der Waals surface area contributed by atoms with Crippen LogP contribution in [0.1, 0.15) is 54.4 Å². The van der Waals surface area contributed by atoms with Gasteiger partial charge in [-0.05, 0) is 24.7 Å². The van der Waals surface area contributed by atoms with Crippen molar-refractivity contribution in [3.05, 3.63) is 38.2 Å². The molecule has 2 aliphatic carbocycles. The molecule has 3 heteroatoms. The van der Waals surface area contributed by atoms with E-state index in [4.69, 9.17) is 20.5 Å². The van der Waals surface area contributed by atoms with Crippen LogP contribution in [0.2, 0.25) is 0 Å². The van der Waals surface area contributed by atoms with Crippen LogP contribution >= 0.6 is 0 Å². The average Bonchev–Trinajstić information content (AvgIpc) is 2.56. The van der Waals surface area contributed by atoms with Crippen molar-refractivity contribution in [2.75, 3.05) is 0 Å². The van der Waals surface area contributed by atoms with Crippen molar-refractivity contribution >= 4 is 0 Å². The van der Waals surface area contributed by atoms with Crippen LogP contribution in [0.4, 0.5) is 0 Å². The fraction of sp³-hybridized carbons (Fsp3) is 0.727. The summed E-state index contributed by atoms with van der Waals surface area (Å²) in [5.41, 5.74) is 2.22. The third kappa shape index (κ3) is 7.06. The molecule has 0 N–H and O–H groups in total. The van der Waals surface area contributed by atoms with Gasteiger partial charge in [0.1, 0.15) is 0 Å². The first-order valence-corrected chi connectivity index (χ1v) is 10.5. The molecule has 8 atom stereocenters. The molecule has 8 unspecified atom stereocenters. The van der Waals surface area contributed by atoms with Crippen molar-refractivity contribution in [3.63, 3.8) is 0 Å². The quantitative estimate of drug-likeness (QED) is 0.483. The maximum absolute atomic E-state index is 8.47. The molecule has 0 heterocycles. The van der Waals surface area contributed by atoms with Crippen LogP contribution in [0, 0.1) is 74.3 Å². The Bertz CT molecular complexity index is 408. The fourth-order valence-electron chi connectivity index (χ4n) is 3.90. The van der Waals surface area contributed by atoms with Crippen LogP contribution in [0.5, 0.6) is 0 Å². The summed E-state index contributed by atoms with van der Waals surface area (Å²) in [5, 5.41) is 0. The molecule has 2 saturated carbocycles. The first-order valence-electron chi connectivity index (χ1n) is 9.34. The maximum atomic E-state index is 8.47. The first-order chi connectivity index (χ1) is 11.5. The van der Waals surface area contributed by atoms with Crippen LogP contribution < -0.4 is 0 Å². The van der Waals surface area contributed by atoms with E-state index >= 15 is 0 Å². The number of hydrogen-bond donors (Lipinski definition) is 0. The fourth-order valence-corrected chi connectivity index (χ4v) is 3.90. The van der Waals surface area contributed by atoms with Gasteiger partial charge in [0, 0.05) is 0 Å². The van der Waals surface area contributed by atoms with E-state index in [1.165, 1.54) is 12.8 Å². The molecule has 0 aromatic carbocycles. The molecule has 2 fully saturated rings. The van der Waals surface area contributed by atoms with Crippen molar-refractivity contribution in [1.29, 1.82) is 0 Å². The van der Waals surface area contributed by atoms with E-state index in [2.05, 4.69) is 55.4 Å². The predicted molar refractivity (Wildman–Crippen MR) is 98.9 cm³/mol. The SMILES string of the molecule is [CH-]=C1C([CH2-])C(C)CC(C)C1C.[CH-]=C1C([CH2-])C(C)CC(C)C1C.[O]=[V]=[O]. The summed E-state index contributed by atoms with van der Waals surface area (Å²) >= 11 is -1.81. The molecular formula is C22H36O2V-4. The zero-order valence-electron chi connectivity index (χ0n) is 16.9. The van der Waals surface area contributed by atoms with Crippen molar-refractivity contribution in [2.45, 2.75) is 54.4 Å². The zero-order valence-corrected chi connectivity index (χ0v) is 18.3. The topological polar surface area (TPSA) is 34.1 Å². The Hall–Kier alpha value is -0.336. The molecule has 0 bridgehead atoms. The van der Waals surface area contributed by atoms with Gasteiger partial charge in [-0.2, -0.15) is 11.8 Å². The molecule has 2 aliphatic rings. The van der Waals surface area contributed by atoms with Gasteiger partial charge in [-0.1, -0.05) is 65.2 Å². The van der Waals surface area contributed by atoms with Gasteiger partial charge in [-0.15, -0.1) is 0 Å². The summed E-state index contributed by atoms with van der Waals surface area (Å²) in [7, 11) is 0.